The molecule has 1 aromatic carbocycles. The predicted molar refractivity (Wildman–Crippen MR) is 58.7 cm³/mol. The number of aliphatic carboxylic acids is 1. The van der Waals surface area contributed by atoms with E-state index in [9.17, 15) is 14.1 Å². The van der Waals surface area contributed by atoms with Crippen molar-refractivity contribution in [2.75, 3.05) is 0 Å². The molecule has 6 heteroatoms. The molecule has 1 aromatic rings. The summed E-state index contributed by atoms with van der Waals surface area (Å²) >= 11 is 0. The maximum absolute atomic E-state index is 12.5. The highest BCUT2D eigenvalue weighted by Gasteiger charge is 2.44. The van der Waals surface area contributed by atoms with Gasteiger partial charge in [0, 0.05) is 5.56 Å². The van der Waals surface area contributed by atoms with Gasteiger partial charge in [-0.25, -0.2) is 4.79 Å². The van der Waals surface area contributed by atoms with Crippen molar-refractivity contribution in [1.82, 2.24) is 5.54 Å². The number of rotatable bonds is 5. The summed E-state index contributed by atoms with van der Waals surface area (Å²) < 4.78 is 12.5. The number of carbonyl (C=O) groups is 2. The third kappa shape index (κ3) is 2.48. The Balaban J connectivity index is 3.01. The van der Waals surface area contributed by atoms with Gasteiger partial charge >= 0.3 is 5.97 Å². The summed E-state index contributed by atoms with van der Waals surface area (Å²) in [5.41, 5.74) is 4.16. The van der Waals surface area contributed by atoms with E-state index in [1.807, 2.05) is 0 Å². The van der Waals surface area contributed by atoms with Crippen LogP contribution >= 0.6 is 0 Å². The highest BCUT2D eigenvalue weighted by Crippen LogP contribution is 2.18. The molecule has 0 aliphatic carbocycles. The molecule has 4 N–H and O–H groups in total. The predicted octanol–water partition coefficient (Wildman–Crippen LogP) is 0.719. The molecule has 92 valence electrons. The Hall–Kier alpha value is -1.79. The number of benzene rings is 1. The van der Waals surface area contributed by atoms with E-state index in [0.29, 0.717) is 0 Å². The number of nitrogens with one attached hydrogen (secondary N) is 1. The number of hydrogen-bond acceptors (Lipinski definition) is 4. The van der Waals surface area contributed by atoms with Crippen LogP contribution in [0.15, 0.2) is 30.3 Å². The molecule has 1 rings (SSSR count). The van der Waals surface area contributed by atoms with Crippen LogP contribution in [0.2, 0.25) is 0 Å². The number of carbonyl (C=O) groups excluding carboxylic acids is 1. The fourth-order valence-electron chi connectivity index (χ4n) is 1.37. The highest BCUT2D eigenvalue weighted by atomic mass is 19.2. The maximum atomic E-state index is 12.5. The third-order valence-corrected chi connectivity index (χ3v) is 2.64. The van der Waals surface area contributed by atoms with Gasteiger partial charge in [-0.05, 0) is 0 Å². The lowest BCUT2D eigenvalue weighted by atomic mass is 9.88. The fourth-order valence-corrected chi connectivity index (χ4v) is 1.37. The minimum Gasteiger partial charge on any atom is -0.479 e. The minimum atomic E-state index is -2.42. The quantitative estimate of drug-likeness (QED) is 0.400. The van der Waals surface area contributed by atoms with Gasteiger partial charge < -0.3 is 10.8 Å². The number of halogens is 1. The van der Waals surface area contributed by atoms with E-state index in [1.54, 1.807) is 18.2 Å². The molecule has 0 aromatic heterocycles. The number of hydrogen-bond donors (Lipinski definition) is 3. The third-order valence-electron chi connectivity index (χ3n) is 2.64. The molecular weight excluding hydrogens is 227 g/mol. The molecule has 5 nitrogen and oxygen atoms in total. The Kier molecular flexibility index (Phi) is 3.93. The average Bonchev–Trinajstić information content (AvgIpc) is 2.36. The molecule has 0 saturated heterocycles. The largest absolute Gasteiger partial charge is 0.479 e. The van der Waals surface area contributed by atoms with Gasteiger partial charge in [0.2, 0.25) is 5.66 Å². The van der Waals surface area contributed by atoms with E-state index in [0.717, 1.165) is 5.54 Å². The Morgan fingerprint density at radius 3 is 2.35 bits per heavy atom. The normalized spacial score (nSPS) is 15.9. The number of nitrogens with two attached hydrogens (primary N) is 1. The van der Waals surface area contributed by atoms with Crippen molar-refractivity contribution in [3.63, 3.8) is 0 Å². The van der Waals surface area contributed by atoms with Gasteiger partial charge in [-0.15, -0.1) is 10.0 Å². The molecule has 0 aliphatic rings. The Bertz CT molecular complexity index is 424. The number of ketones is 1. The van der Waals surface area contributed by atoms with Crippen LogP contribution in [-0.4, -0.2) is 22.5 Å². The molecule has 0 amide bonds. The van der Waals surface area contributed by atoms with Crippen molar-refractivity contribution >= 4 is 11.8 Å². The van der Waals surface area contributed by atoms with E-state index in [2.05, 4.69) is 0 Å². The molecule has 2 atom stereocenters. The van der Waals surface area contributed by atoms with Crippen LogP contribution in [0.25, 0.3) is 0 Å². The van der Waals surface area contributed by atoms with E-state index in [1.165, 1.54) is 19.1 Å². The first-order valence-corrected chi connectivity index (χ1v) is 4.92. The first kappa shape index (κ1) is 13.3. The van der Waals surface area contributed by atoms with Crippen LogP contribution in [0.4, 0.5) is 4.48 Å². The maximum Gasteiger partial charge on any atom is 0.341 e. The Morgan fingerprint density at radius 2 is 1.94 bits per heavy atom. The topological polar surface area (TPSA) is 92.4 Å². The second kappa shape index (κ2) is 5.03. The lowest BCUT2D eigenvalue weighted by Gasteiger charge is -2.27. The monoisotopic (exact) mass is 240 g/mol. The van der Waals surface area contributed by atoms with Gasteiger partial charge in [-0.2, -0.15) is 0 Å². The second-order valence-corrected chi connectivity index (χ2v) is 3.72. The van der Waals surface area contributed by atoms with Crippen molar-refractivity contribution in [1.29, 1.82) is 0 Å². The first-order chi connectivity index (χ1) is 7.93. The molecule has 0 bridgehead atoms. The summed E-state index contributed by atoms with van der Waals surface area (Å²) in [6, 6.07) is 7.99. The summed E-state index contributed by atoms with van der Waals surface area (Å²) in [6.07, 6.45) is 0. The van der Waals surface area contributed by atoms with Crippen LogP contribution in [0.5, 0.6) is 0 Å². The van der Waals surface area contributed by atoms with Gasteiger partial charge in [0.1, 0.15) is 0 Å². The molecule has 0 spiro atoms. The van der Waals surface area contributed by atoms with E-state index in [4.69, 9.17) is 10.8 Å². The molecule has 0 radical (unpaired) electrons. The number of carboxylic acids is 1. The molecule has 0 aliphatic heterocycles. The van der Waals surface area contributed by atoms with Gasteiger partial charge in [0.25, 0.3) is 0 Å². The van der Waals surface area contributed by atoms with Crippen molar-refractivity contribution in [2.45, 2.75) is 12.6 Å². The number of Topliss-reactive ketones (excluding diaryl/α,β-unsaturated/α-hetero) is 1. The smallest absolute Gasteiger partial charge is 0.341 e. The molecule has 0 saturated carbocycles. The SMILES string of the molecule is CC(C(=O)c1ccccc1)C(N)(NF)C(=O)O. The first-order valence-electron chi connectivity index (χ1n) is 4.92. The standard InChI is InChI=1S/C11H13FN2O3/c1-7(11(13,14-12)10(16)17)9(15)8-5-3-2-4-6-8/h2-7,14H,13H2,1H3,(H,16,17). The van der Waals surface area contributed by atoms with Crippen molar-refractivity contribution in [3.05, 3.63) is 35.9 Å². The lowest BCUT2D eigenvalue weighted by Crippen LogP contribution is -2.63. The van der Waals surface area contributed by atoms with Crippen molar-refractivity contribution < 1.29 is 19.2 Å². The number of carboxylic acid groups (broad SMARTS) is 1. The summed E-state index contributed by atoms with van der Waals surface area (Å²) in [4.78, 5) is 22.8. The Labute approximate surface area is 97.4 Å². The van der Waals surface area contributed by atoms with Crippen LogP contribution in [0.3, 0.4) is 0 Å². The van der Waals surface area contributed by atoms with Crippen molar-refractivity contribution in [2.24, 2.45) is 11.7 Å². The van der Waals surface area contributed by atoms with Gasteiger partial charge in [-0.1, -0.05) is 37.3 Å². The molecular formula is C11H13FN2O3. The van der Waals surface area contributed by atoms with Crippen molar-refractivity contribution in [3.8, 4) is 0 Å². The zero-order chi connectivity index (χ0) is 13.1. The summed E-state index contributed by atoms with van der Waals surface area (Å²) in [5, 5.41) is 8.82. The lowest BCUT2D eigenvalue weighted by molar-refractivity contribution is -0.149. The van der Waals surface area contributed by atoms with Gasteiger partial charge in [-0.3, -0.25) is 4.79 Å². The highest BCUT2D eigenvalue weighted by molar-refractivity contribution is 6.01. The fraction of sp³-hybridized carbons (Fsp3) is 0.273. The van der Waals surface area contributed by atoms with Crippen LogP contribution in [-0.2, 0) is 4.79 Å². The average molecular weight is 240 g/mol. The summed E-state index contributed by atoms with van der Waals surface area (Å²) in [7, 11) is 0. The van der Waals surface area contributed by atoms with Gasteiger partial charge in [0.05, 0.1) is 5.92 Å². The molecule has 0 heterocycles. The molecule has 17 heavy (non-hydrogen) atoms. The van der Waals surface area contributed by atoms with Crippen LogP contribution < -0.4 is 11.3 Å². The zero-order valence-corrected chi connectivity index (χ0v) is 9.18. The second-order valence-electron chi connectivity index (χ2n) is 3.72. The van der Waals surface area contributed by atoms with Crippen LogP contribution in [0.1, 0.15) is 17.3 Å². The van der Waals surface area contributed by atoms with E-state index >= 15 is 0 Å². The van der Waals surface area contributed by atoms with Crippen LogP contribution in [0, 0.1) is 5.92 Å². The molecule has 0 fully saturated rings. The van der Waals surface area contributed by atoms with E-state index in [-0.39, 0.29) is 5.56 Å². The summed E-state index contributed by atoms with van der Waals surface area (Å²) in [5.74, 6) is -3.41. The zero-order valence-electron chi connectivity index (χ0n) is 9.18. The Morgan fingerprint density at radius 1 is 1.41 bits per heavy atom. The molecule has 2 unspecified atom stereocenters. The van der Waals surface area contributed by atoms with Gasteiger partial charge in [0.15, 0.2) is 5.78 Å². The minimum absolute atomic E-state index is 0.284. The summed E-state index contributed by atoms with van der Waals surface area (Å²) in [6.45, 7) is 1.26. The van der Waals surface area contributed by atoms with E-state index < -0.39 is 23.3 Å².